The van der Waals surface area contributed by atoms with E-state index in [-0.39, 0.29) is 0 Å². The smallest absolute Gasteiger partial charge is 0.0193 e. The first-order chi connectivity index (χ1) is 5.85. The molecule has 0 aromatic heterocycles. The van der Waals surface area contributed by atoms with Crippen molar-refractivity contribution in [1.29, 1.82) is 0 Å². The zero-order valence-corrected chi connectivity index (χ0v) is 8.03. The molecule has 1 aliphatic heterocycles. The monoisotopic (exact) mass is 168 g/mol. The van der Waals surface area contributed by atoms with Gasteiger partial charge in [0.05, 0.1) is 0 Å². The molecule has 2 aliphatic rings. The summed E-state index contributed by atoms with van der Waals surface area (Å²) in [5, 5.41) is 7.22. The zero-order valence-electron chi connectivity index (χ0n) is 8.03. The lowest BCUT2D eigenvalue weighted by Crippen LogP contribution is -2.40. The van der Waals surface area contributed by atoms with E-state index < -0.39 is 0 Å². The van der Waals surface area contributed by atoms with Gasteiger partial charge in [0.25, 0.3) is 0 Å². The van der Waals surface area contributed by atoms with Crippen molar-refractivity contribution in [3.63, 3.8) is 0 Å². The Morgan fingerprint density at radius 3 is 2.83 bits per heavy atom. The van der Waals surface area contributed by atoms with Crippen LogP contribution in [0, 0.1) is 0 Å². The molecule has 70 valence electrons. The van der Waals surface area contributed by atoms with Crippen molar-refractivity contribution >= 4 is 0 Å². The number of rotatable bonds is 4. The minimum Gasteiger partial charge on any atom is -0.313 e. The van der Waals surface area contributed by atoms with Gasteiger partial charge in [-0.1, -0.05) is 6.92 Å². The fourth-order valence-corrected chi connectivity index (χ4v) is 2.08. The van der Waals surface area contributed by atoms with Crippen molar-refractivity contribution in [2.45, 2.75) is 50.6 Å². The highest BCUT2D eigenvalue weighted by Gasteiger charge is 2.40. The summed E-state index contributed by atoms with van der Waals surface area (Å²) in [6.07, 6.45) is 6.84. The minimum atomic E-state index is 0.560. The van der Waals surface area contributed by atoms with E-state index >= 15 is 0 Å². The lowest BCUT2D eigenvalue weighted by Gasteiger charge is -2.18. The molecule has 1 saturated heterocycles. The fourth-order valence-electron chi connectivity index (χ4n) is 2.08. The normalized spacial score (nSPS) is 32.2. The van der Waals surface area contributed by atoms with E-state index in [4.69, 9.17) is 0 Å². The van der Waals surface area contributed by atoms with Crippen LogP contribution in [0.5, 0.6) is 0 Å². The second-order valence-corrected chi connectivity index (χ2v) is 4.31. The molecule has 0 aromatic carbocycles. The molecule has 12 heavy (non-hydrogen) atoms. The molecule has 2 heteroatoms. The summed E-state index contributed by atoms with van der Waals surface area (Å²) in [6, 6.07) is 0.758. The van der Waals surface area contributed by atoms with Crippen LogP contribution in [0.3, 0.4) is 0 Å². The average molecular weight is 168 g/mol. The maximum absolute atomic E-state index is 3.70. The molecule has 0 amide bonds. The molecule has 0 spiro atoms. The van der Waals surface area contributed by atoms with Crippen LogP contribution in [-0.2, 0) is 0 Å². The number of hydrogen-bond donors (Lipinski definition) is 2. The third-order valence-corrected chi connectivity index (χ3v) is 3.42. The quantitative estimate of drug-likeness (QED) is 0.660. The van der Waals surface area contributed by atoms with E-state index in [1.807, 2.05) is 0 Å². The van der Waals surface area contributed by atoms with Gasteiger partial charge in [0, 0.05) is 18.1 Å². The third-order valence-electron chi connectivity index (χ3n) is 3.42. The SMILES string of the molecule is CCC1(NCC2CCCN2)CC1. The van der Waals surface area contributed by atoms with Gasteiger partial charge in [-0.15, -0.1) is 0 Å². The van der Waals surface area contributed by atoms with Gasteiger partial charge in [-0.2, -0.15) is 0 Å². The van der Waals surface area contributed by atoms with Crippen LogP contribution in [0.2, 0.25) is 0 Å². The Balaban J connectivity index is 1.67. The van der Waals surface area contributed by atoms with Crippen LogP contribution in [0.1, 0.15) is 39.0 Å². The van der Waals surface area contributed by atoms with Crippen LogP contribution in [0.25, 0.3) is 0 Å². The van der Waals surface area contributed by atoms with E-state index in [0.29, 0.717) is 5.54 Å². The van der Waals surface area contributed by atoms with Crippen LogP contribution >= 0.6 is 0 Å². The van der Waals surface area contributed by atoms with Crippen LogP contribution < -0.4 is 10.6 Å². The van der Waals surface area contributed by atoms with E-state index in [2.05, 4.69) is 17.6 Å². The molecule has 1 saturated carbocycles. The molecule has 1 atom stereocenters. The molecule has 2 nitrogen and oxygen atoms in total. The predicted molar refractivity (Wildman–Crippen MR) is 51.3 cm³/mol. The summed E-state index contributed by atoms with van der Waals surface area (Å²) in [4.78, 5) is 0. The summed E-state index contributed by atoms with van der Waals surface area (Å²) in [5.41, 5.74) is 0.560. The van der Waals surface area contributed by atoms with Gasteiger partial charge in [-0.3, -0.25) is 0 Å². The second kappa shape index (κ2) is 3.35. The average Bonchev–Trinajstić information content (AvgIpc) is 2.70. The molecule has 0 bridgehead atoms. The molecule has 0 aromatic rings. The summed E-state index contributed by atoms with van der Waals surface area (Å²) >= 11 is 0. The highest BCUT2D eigenvalue weighted by Crippen LogP contribution is 2.38. The molecule has 1 aliphatic carbocycles. The van der Waals surface area contributed by atoms with E-state index in [9.17, 15) is 0 Å². The molecule has 0 radical (unpaired) electrons. The standard InChI is InChI=1S/C10H20N2/c1-2-10(5-6-10)12-8-9-4-3-7-11-9/h9,11-12H,2-8H2,1H3. The molecule has 2 N–H and O–H groups in total. The van der Waals surface area contributed by atoms with Crippen molar-refractivity contribution in [3.05, 3.63) is 0 Å². The first-order valence-corrected chi connectivity index (χ1v) is 5.33. The summed E-state index contributed by atoms with van der Waals surface area (Å²) in [6.45, 7) is 4.71. The number of hydrogen-bond acceptors (Lipinski definition) is 2. The Kier molecular flexibility index (Phi) is 2.37. The lowest BCUT2D eigenvalue weighted by atomic mass is 10.1. The molecule has 1 unspecified atom stereocenters. The van der Waals surface area contributed by atoms with Crippen molar-refractivity contribution in [3.8, 4) is 0 Å². The van der Waals surface area contributed by atoms with Gasteiger partial charge in [0.2, 0.25) is 0 Å². The van der Waals surface area contributed by atoms with Gasteiger partial charge in [-0.25, -0.2) is 0 Å². The molecule has 1 heterocycles. The van der Waals surface area contributed by atoms with Crippen molar-refractivity contribution in [2.75, 3.05) is 13.1 Å². The third kappa shape index (κ3) is 1.80. The highest BCUT2D eigenvalue weighted by atomic mass is 15.1. The maximum atomic E-state index is 3.70. The molecular formula is C10H20N2. The zero-order chi connectivity index (χ0) is 8.44. The molecule has 2 rings (SSSR count). The summed E-state index contributed by atoms with van der Waals surface area (Å²) < 4.78 is 0. The second-order valence-electron chi connectivity index (χ2n) is 4.31. The summed E-state index contributed by atoms with van der Waals surface area (Å²) in [5.74, 6) is 0. The molecular weight excluding hydrogens is 148 g/mol. The van der Waals surface area contributed by atoms with Gasteiger partial charge < -0.3 is 10.6 Å². The van der Waals surface area contributed by atoms with E-state index in [1.54, 1.807) is 0 Å². The Morgan fingerprint density at radius 1 is 1.50 bits per heavy atom. The minimum absolute atomic E-state index is 0.560. The summed E-state index contributed by atoms with van der Waals surface area (Å²) in [7, 11) is 0. The van der Waals surface area contributed by atoms with Crippen molar-refractivity contribution < 1.29 is 0 Å². The number of nitrogens with one attached hydrogen (secondary N) is 2. The van der Waals surface area contributed by atoms with Gasteiger partial charge in [0.15, 0.2) is 0 Å². The lowest BCUT2D eigenvalue weighted by molar-refractivity contribution is 0.437. The first-order valence-electron chi connectivity index (χ1n) is 5.33. The largest absolute Gasteiger partial charge is 0.313 e. The van der Waals surface area contributed by atoms with Gasteiger partial charge in [0.1, 0.15) is 0 Å². The maximum Gasteiger partial charge on any atom is 0.0193 e. The molecule has 2 fully saturated rings. The Hall–Kier alpha value is -0.0800. The van der Waals surface area contributed by atoms with Crippen LogP contribution in [0.15, 0.2) is 0 Å². The Labute approximate surface area is 75.1 Å². The Bertz CT molecular complexity index is 146. The van der Waals surface area contributed by atoms with Gasteiger partial charge in [-0.05, 0) is 38.6 Å². The van der Waals surface area contributed by atoms with Crippen LogP contribution in [0.4, 0.5) is 0 Å². The fraction of sp³-hybridized carbons (Fsp3) is 1.00. The first kappa shape index (κ1) is 8.52. The Morgan fingerprint density at radius 2 is 2.33 bits per heavy atom. The van der Waals surface area contributed by atoms with Gasteiger partial charge >= 0.3 is 0 Å². The van der Waals surface area contributed by atoms with Crippen molar-refractivity contribution in [1.82, 2.24) is 10.6 Å². The van der Waals surface area contributed by atoms with E-state index in [1.165, 1.54) is 45.2 Å². The topological polar surface area (TPSA) is 24.1 Å². The highest BCUT2D eigenvalue weighted by molar-refractivity contribution is 5.01. The van der Waals surface area contributed by atoms with E-state index in [0.717, 1.165) is 6.04 Å². The van der Waals surface area contributed by atoms with Crippen LogP contribution in [-0.4, -0.2) is 24.7 Å². The predicted octanol–water partition coefficient (Wildman–Crippen LogP) is 1.27. The van der Waals surface area contributed by atoms with Crippen molar-refractivity contribution in [2.24, 2.45) is 0 Å².